The molecule has 3 N–H and O–H groups in total. The summed E-state index contributed by atoms with van der Waals surface area (Å²) in [5.74, 6) is -0.122. The van der Waals surface area contributed by atoms with Gasteiger partial charge in [0, 0.05) is 12.8 Å². The van der Waals surface area contributed by atoms with E-state index in [0.717, 1.165) is 70.6 Å². The number of esters is 1. The highest BCUT2D eigenvalue weighted by Crippen LogP contribution is 2.18. The molecule has 0 aromatic carbocycles. The van der Waals surface area contributed by atoms with Gasteiger partial charge in [0.05, 0.1) is 25.4 Å². The Hall–Kier alpha value is -1.40. The van der Waals surface area contributed by atoms with E-state index in [1.54, 1.807) is 0 Å². The van der Waals surface area contributed by atoms with Gasteiger partial charge in [0.25, 0.3) is 0 Å². The van der Waals surface area contributed by atoms with Crippen LogP contribution in [0.25, 0.3) is 0 Å². The third-order valence-corrected chi connectivity index (χ3v) is 14.1. The van der Waals surface area contributed by atoms with Gasteiger partial charge in [-0.3, -0.25) is 9.59 Å². The molecular weight excluding hydrogens is 815 g/mol. The summed E-state index contributed by atoms with van der Waals surface area (Å²) in [7, 11) is 0. The fourth-order valence-corrected chi connectivity index (χ4v) is 9.47. The Bertz CT molecular complexity index is 986. The molecule has 0 aromatic heterocycles. The SMILES string of the molecule is CCCCCCCCCCCCCCCCCCCCCCCCCCCC(O)C(CO)NC(=O)CCC/C=C\CCCCCCOC(=O)CCCCCCCCCCCCCCCCC. The Morgan fingerprint density at radius 1 is 0.409 bits per heavy atom. The first-order valence-electron chi connectivity index (χ1n) is 29.9. The molecule has 392 valence electrons. The van der Waals surface area contributed by atoms with Crippen molar-refractivity contribution in [1.29, 1.82) is 0 Å². The molecule has 6 nitrogen and oxygen atoms in total. The summed E-state index contributed by atoms with van der Waals surface area (Å²) in [5, 5.41) is 23.3. The second-order valence-electron chi connectivity index (χ2n) is 20.7. The number of unbranched alkanes of at least 4 members (excludes halogenated alkanes) is 43. The number of carbonyl (C=O) groups excluding carboxylic acids is 2. The predicted molar refractivity (Wildman–Crippen MR) is 287 cm³/mol. The highest BCUT2D eigenvalue weighted by Gasteiger charge is 2.20. The van der Waals surface area contributed by atoms with Gasteiger partial charge < -0.3 is 20.3 Å². The van der Waals surface area contributed by atoms with Gasteiger partial charge in [-0.1, -0.05) is 289 Å². The number of rotatable bonds is 56. The lowest BCUT2D eigenvalue weighted by Crippen LogP contribution is -2.45. The molecule has 66 heavy (non-hydrogen) atoms. The van der Waals surface area contributed by atoms with Crippen LogP contribution in [-0.2, 0) is 14.3 Å². The van der Waals surface area contributed by atoms with E-state index in [-0.39, 0.29) is 18.5 Å². The molecular formula is C60H117NO5. The summed E-state index contributed by atoms with van der Waals surface area (Å²) in [6.45, 7) is 4.89. The van der Waals surface area contributed by atoms with Gasteiger partial charge in [0.2, 0.25) is 5.91 Å². The molecule has 0 aliphatic heterocycles. The zero-order chi connectivity index (χ0) is 47.9. The first-order chi connectivity index (χ1) is 32.5. The Morgan fingerprint density at radius 3 is 1.11 bits per heavy atom. The largest absolute Gasteiger partial charge is 0.466 e. The number of amides is 1. The lowest BCUT2D eigenvalue weighted by molar-refractivity contribution is -0.143. The molecule has 0 radical (unpaired) electrons. The van der Waals surface area contributed by atoms with Crippen molar-refractivity contribution in [3.05, 3.63) is 12.2 Å². The number of aliphatic hydroxyl groups excluding tert-OH is 2. The maximum atomic E-state index is 12.5. The Morgan fingerprint density at radius 2 is 0.727 bits per heavy atom. The van der Waals surface area contributed by atoms with Gasteiger partial charge in [0.15, 0.2) is 0 Å². The van der Waals surface area contributed by atoms with Crippen molar-refractivity contribution in [3.8, 4) is 0 Å². The smallest absolute Gasteiger partial charge is 0.305 e. The molecule has 0 bridgehead atoms. The van der Waals surface area contributed by atoms with E-state index in [0.29, 0.717) is 25.9 Å². The molecule has 6 heteroatoms. The number of ether oxygens (including phenoxy) is 1. The highest BCUT2D eigenvalue weighted by molar-refractivity contribution is 5.76. The number of allylic oxidation sites excluding steroid dienone is 2. The zero-order valence-electron chi connectivity index (χ0n) is 44.7. The van der Waals surface area contributed by atoms with Crippen LogP contribution in [0.1, 0.15) is 335 Å². The Balaban J connectivity index is 3.49. The second kappa shape index (κ2) is 56.2. The van der Waals surface area contributed by atoms with Crippen LogP contribution in [0, 0.1) is 0 Å². The van der Waals surface area contributed by atoms with Crippen molar-refractivity contribution in [2.45, 2.75) is 347 Å². The highest BCUT2D eigenvalue weighted by atomic mass is 16.5. The lowest BCUT2D eigenvalue weighted by Gasteiger charge is -2.22. The topological polar surface area (TPSA) is 95.9 Å². The number of nitrogens with one attached hydrogen (secondary N) is 1. The predicted octanol–water partition coefficient (Wildman–Crippen LogP) is 18.5. The van der Waals surface area contributed by atoms with Gasteiger partial charge in [-0.25, -0.2) is 0 Å². The van der Waals surface area contributed by atoms with Crippen LogP contribution in [0.2, 0.25) is 0 Å². The monoisotopic (exact) mass is 932 g/mol. The van der Waals surface area contributed by atoms with Crippen molar-refractivity contribution in [3.63, 3.8) is 0 Å². The molecule has 2 unspecified atom stereocenters. The zero-order valence-corrected chi connectivity index (χ0v) is 44.7. The number of hydrogen-bond acceptors (Lipinski definition) is 5. The van der Waals surface area contributed by atoms with E-state index >= 15 is 0 Å². The molecule has 0 aromatic rings. The van der Waals surface area contributed by atoms with Crippen LogP contribution in [0.4, 0.5) is 0 Å². The third-order valence-electron chi connectivity index (χ3n) is 14.1. The summed E-state index contributed by atoms with van der Waals surface area (Å²) >= 11 is 0. The summed E-state index contributed by atoms with van der Waals surface area (Å²) in [6, 6.07) is -0.579. The molecule has 2 atom stereocenters. The molecule has 0 rings (SSSR count). The number of carbonyl (C=O) groups is 2. The Kier molecular flexibility index (Phi) is 55.0. The molecule has 0 spiro atoms. The van der Waals surface area contributed by atoms with Crippen LogP contribution < -0.4 is 5.32 Å². The molecule has 1 amide bonds. The third kappa shape index (κ3) is 52.0. The van der Waals surface area contributed by atoms with Crippen LogP contribution in [-0.4, -0.2) is 47.4 Å². The van der Waals surface area contributed by atoms with Crippen molar-refractivity contribution in [2.24, 2.45) is 0 Å². The molecule has 0 heterocycles. The number of hydrogen-bond donors (Lipinski definition) is 3. The first-order valence-corrected chi connectivity index (χ1v) is 29.9. The molecule has 0 saturated carbocycles. The van der Waals surface area contributed by atoms with E-state index in [1.807, 2.05) is 0 Å². The van der Waals surface area contributed by atoms with Gasteiger partial charge in [-0.2, -0.15) is 0 Å². The average molecular weight is 933 g/mol. The van der Waals surface area contributed by atoms with E-state index < -0.39 is 12.1 Å². The quantitative estimate of drug-likeness (QED) is 0.0321. The maximum Gasteiger partial charge on any atom is 0.305 e. The first kappa shape index (κ1) is 64.6. The van der Waals surface area contributed by atoms with Gasteiger partial charge >= 0.3 is 5.97 Å². The van der Waals surface area contributed by atoms with Crippen LogP contribution in [0.3, 0.4) is 0 Å². The van der Waals surface area contributed by atoms with Gasteiger partial charge in [0.1, 0.15) is 0 Å². The molecule has 0 fully saturated rings. The van der Waals surface area contributed by atoms with Gasteiger partial charge in [-0.05, 0) is 44.9 Å². The molecule has 0 saturated heterocycles. The summed E-state index contributed by atoms with van der Waals surface area (Å²) in [4.78, 5) is 24.5. The van der Waals surface area contributed by atoms with Crippen molar-refractivity contribution < 1.29 is 24.5 Å². The minimum atomic E-state index is -0.695. The van der Waals surface area contributed by atoms with E-state index in [4.69, 9.17) is 4.74 Å². The van der Waals surface area contributed by atoms with Crippen LogP contribution >= 0.6 is 0 Å². The normalized spacial score (nSPS) is 12.6. The van der Waals surface area contributed by atoms with Gasteiger partial charge in [-0.15, -0.1) is 0 Å². The number of aliphatic hydroxyl groups is 2. The van der Waals surface area contributed by atoms with E-state index in [2.05, 4.69) is 31.3 Å². The lowest BCUT2D eigenvalue weighted by atomic mass is 10.0. The van der Waals surface area contributed by atoms with E-state index in [9.17, 15) is 19.8 Å². The summed E-state index contributed by atoms with van der Waals surface area (Å²) in [6.07, 6.45) is 66.5. The average Bonchev–Trinajstić information content (AvgIpc) is 3.32. The standard InChI is InChI=1S/C60H117NO5/c1-3-5-7-9-11-13-15-17-19-20-21-22-23-24-25-26-27-28-30-31-33-36-40-44-48-52-58(63)57(56-62)61-59(64)53-49-45-41-37-35-39-43-47-51-55-66-60(65)54-50-46-42-38-34-32-29-18-16-14-12-10-8-6-4-2/h37,41,57-58,62-63H,3-36,38-40,42-56H2,1-2H3,(H,61,64)/b41-37-. The van der Waals surface area contributed by atoms with Crippen LogP contribution in [0.5, 0.6) is 0 Å². The van der Waals surface area contributed by atoms with Crippen LogP contribution in [0.15, 0.2) is 12.2 Å². The minimum Gasteiger partial charge on any atom is -0.466 e. The molecule has 0 aliphatic rings. The van der Waals surface area contributed by atoms with Crippen molar-refractivity contribution in [1.82, 2.24) is 5.32 Å². The van der Waals surface area contributed by atoms with Crippen molar-refractivity contribution >= 4 is 11.9 Å². The summed E-state index contributed by atoms with van der Waals surface area (Å²) < 4.78 is 5.45. The fraction of sp³-hybridized carbons (Fsp3) is 0.933. The maximum absolute atomic E-state index is 12.5. The van der Waals surface area contributed by atoms with Crippen molar-refractivity contribution in [2.75, 3.05) is 13.2 Å². The Labute approximate surface area is 412 Å². The second-order valence-corrected chi connectivity index (χ2v) is 20.7. The minimum absolute atomic E-state index is 0.0314. The molecule has 0 aliphatic carbocycles. The summed E-state index contributed by atoms with van der Waals surface area (Å²) in [5.41, 5.74) is 0. The fourth-order valence-electron chi connectivity index (χ4n) is 9.47. The van der Waals surface area contributed by atoms with E-state index in [1.165, 1.54) is 231 Å².